The number of likely N-dealkylation sites (tertiary alicyclic amines) is 1. The average Bonchev–Trinajstić information content (AvgIpc) is 2.99. The Bertz CT molecular complexity index is 1040. The number of hydrazone groups is 1. The van der Waals surface area contributed by atoms with Crippen molar-refractivity contribution in [2.24, 2.45) is 26.0 Å². The summed E-state index contributed by atoms with van der Waals surface area (Å²) in [7, 11) is 0. The van der Waals surface area contributed by atoms with Gasteiger partial charge in [-0.1, -0.05) is 12.8 Å². The lowest BCUT2D eigenvalue weighted by Gasteiger charge is -2.28. The summed E-state index contributed by atoms with van der Waals surface area (Å²) in [5, 5.41) is 14.6. The molecule has 3 aliphatic rings. The second-order valence-corrected chi connectivity index (χ2v) is 6.98. The van der Waals surface area contributed by atoms with Gasteiger partial charge in [0.05, 0.1) is 17.6 Å². The molecule has 2 aromatic rings. The van der Waals surface area contributed by atoms with E-state index in [0.29, 0.717) is 28.7 Å². The third-order valence-corrected chi connectivity index (χ3v) is 5.06. The lowest BCUT2D eigenvalue weighted by molar-refractivity contribution is -0.121. The monoisotopic (exact) mass is 377 g/mol. The van der Waals surface area contributed by atoms with Gasteiger partial charge in [0.25, 0.3) is 5.91 Å². The van der Waals surface area contributed by atoms with E-state index < -0.39 is 5.92 Å². The number of nitrogens with zero attached hydrogens (tertiary/aromatic N) is 7. The molecule has 0 radical (unpaired) electrons. The quantitative estimate of drug-likeness (QED) is 0.780. The molecule has 1 aromatic heterocycles. The maximum Gasteiger partial charge on any atom is 0.257 e. The fourth-order valence-electron chi connectivity index (χ4n) is 3.62. The number of aromatic amines is 1. The van der Waals surface area contributed by atoms with E-state index in [0.717, 1.165) is 31.4 Å². The minimum Gasteiger partial charge on any atom is -0.341 e. The molecule has 10 heteroatoms. The van der Waals surface area contributed by atoms with Crippen LogP contribution in [0, 0.1) is 5.92 Å². The highest BCUT2D eigenvalue weighted by atomic mass is 16.2. The van der Waals surface area contributed by atoms with Gasteiger partial charge in [0.15, 0.2) is 5.84 Å². The highest BCUT2D eigenvalue weighted by Gasteiger charge is 2.36. The molecule has 28 heavy (non-hydrogen) atoms. The Balaban J connectivity index is 1.57. The third-order valence-electron chi connectivity index (χ3n) is 5.06. The summed E-state index contributed by atoms with van der Waals surface area (Å²) in [4.78, 5) is 28.6. The highest BCUT2D eigenvalue weighted by Crippen LogP contribution is 2.23. The minimum absolute atomic E-state index is 0.277. The smallest absolute Gasteiger partial charge is 0.257 e. The number of benzene rings is 1. The van der Waals surface area contributed by atoms with E-state index in [2.05, 4.69) is 45.8 Å². The normalized spacial score (nSPS) is 23.9. The first-order valence-electron chi connectivity index (χ1n) is 9.42. The fourth-order valence-corrected chi connectivity index (χ4v) is 3.62. The molecule has 10 nitrogen and oxygen atoms in total. The molecule has 0 spiro atoms. The van der Waals surface area contributed by atoms with Gasteiger partial charge in [-0.25, -0.2) is 15.4 Å². The van der Waals surface area contributed by atoms with Crippen molar-refractivity contribution < 1.29 is 4.79 Å². The number of rotatable bonds is 1. The molecule has 0 saturated carbocycles. The van der Waals surface area contributed by atoms with Gasteiger partial charge in [0.1, 0.15) is 17.0 Å². The largest absolute Gasteiger partial charge is 0.341 e. The van der Waals surface area contributed by atoms with E-state index in [1.165, 1.54) is 12.8 Å². The second kappa shape index (κ2) is 6.95. The van der Waals surface area contributed by atoms with Crippen molar-refractivity contribution in [3.05, 3.63) is 18.2 Å². The van der Waals surface area contributed by atoms with Crippen LogP contribution in [0.5, 0.6) is 0 Å². The predicted octanol–water partition coefficient (Wildman–Crippen LogP) is 1.41. The molecule has 0 bridgehead atoms. The number of carbonyl (C=O) groups excluding carboxylic acids is 1. The second-order valence-electron chi connectivity index (χ2n) is 6.98. The number of carbonyl (C=O) groups is 1. The Morgan fingerprint density at radius 3 is 2.71 bits per heavy atom. The summed E-state index contributed by atoms with van der Waals surface area (Å²) in [6.07, 6.45) is 6.22. The summed E-state index contributed by atoms with van der Waals surface area (Å²) in [6, 6.07) is 5.48. The Morgan fingerprint density at radius 1 is 1.04 bits per heavy atom. The van der Waals surface area contributed by atoms with Gasteiger partial charge < -0.3 is 4.90 Å². The third kappa shape index (κ3) is 3.06. The number of fused-ring (bicyclic) bond motifs is 2. The van der Waals surface area contributed by atoms with Crippen LogP contribution in [-0.4, -0.2) is 63.0 Å². The highest BCUT2D eigenvalue weighted by molar-refractivity contribution is 6.46. The molecule has 1 atom stereocenters. The molecule has 1 amide bonds. The average molecular weight is 377 g/mol. The number of aromatic nitrogens is 3. The van der Waals surface area contributed by atoms with Crippen molar-refractivity contribution in [3.8, 4) is 0 Å². The van der Waals surface area contributed by atoms with Gasteiger partial charge in [-0.05, 0) is 31.0 Å². The molecule has 1 aromatic carbocycles. The van der Waals surface area contributed by atoms with Gasteiger partial charge in [0, 0.05) is 13.1 Å². The topological polar surface area (TPSA) is 123 Å². The zero-order chi connectivity index (χ0) is 18.9. The minimum atomic E-state index is -0.666. The molecule has 1 saturated heterocycles. The molecule has 4 heterocycles. The molecule has 1 fully saturated rings. The van der Waals surface area contributed by atoms with E-state index in [4.69, 9.17) is 0 Å². The maximum absolute atomic E-state index is 12.4. The van der Waals surface area contributed by atoms with Crippen molar-refractivity contribution in [2.75, 3.05) is 13.1 Å². The van der Waals surface area contributed by atoms with Gasteiger partial charge in [-0.2, -0.15) is 25.5 Å². The first kappa shape index (κ1) is 16.7. The van der Waals surface area contributed by atoms with Gasteiger partial charge in [-0.15, -0.1) is 0 Å². The standard InChI is InChI=1S/C18H19N9O/c28-17-15-14(10-19-25-17)21-18(27-7-3-1-2-4-8-27)22-16(15)20-11-5-6-12-13(9-11)24-26-23-12/h5-6,9-10,15H,1-4,7-8H2,(H,25,28)(H,23,24,26). The van der Waals surface area contributed by atoms with Crippen LogP contribution < -0.4 is 5.43 Å². The molecule has 1 unspecified atom stereocenters. The fraction of sp³-hybridized carbons (Fsp3) is 0.389. The summed E-state index contributed by atoms with van der Waals surface area (Å²) in [5.41, 5.74) is 5.18. The lowest BCUT2D eigenvalue weighted by atomic mass is 9.99. The molecular formula is C18H19N9O. The van der Waals surface area contributed by atoms with E-state index in [1.807, 2.05) is 18.2 Å². The molecule has 0 aliphatic carbocycles. The Morgan fingerprint density at radius 2 is 1.86 bits per heavy atom. The first-order chi connectivity index (χ1) is 13.8. The van der Waals surface area contributed by atoms with Crippen LogP contribution >= 0.6 is 0 Å². The molecular weight excluding hydrogens is 358 g/mol. The Labute approximate surface area is 160 Å². The number of amidine groups is 1. The number of aliphatic imine (C=N–C) groups is 3. The van der Waals surface area contributed by atoms with Crippen molar-refractivity contribution >= 4 is 46.3 Å². The van der Waals surface area contributed by atoms with Crippen LogP contribution in [0.3, 0.4) is 0 Å². The summed E-state index contributed by atoms with van der Waals surface area (Å²) >= 11 is 0. The van der Waals surface area contributed by atoms with E-state index in [1.54, 1.807) is 6.21 Å². The maximum atomic E-state index is 12.4. The SMILES string of the molecule is O=C1NN=CC2=NC(N3CCCCCC3)=NC(=Nc3ccc4n[nH]nc4c3)C12. The number of guanidine groups is 1. The molecule has 2 N–H and O–H groups in total. The number of nitrogens with one attached hydrogen (secondary N) is 2. The first-order valence-corrected chi connectivity index (χ1v) is 9.42. The molecule has 3 aliphatic heterocycles. The van der Waals surface area contributed by atoms with Crippen LogP contribution in [0.4, 0.5) is 5.69 Å². The zero-order valence-electron chi connectivity index (χ0n) is 15.2. The molecule has 142 valence electrons. The van der Waals surface area contributed by atoms with Crippen molar-refractivity contribution in [1.29, 1.82) is 0 Å². The van der Waals surface area contributed by atoms with Gasteiger partial charge in [-0.3, -0.25) is 4.79 Å². The Kier molecular flexibility index (Phi) is 4.15. The number of amides is 1. The van der Waals surface area contributed by atoms with Crippen LogP contribution in [0.25, 0.3) is 11.0 Å². The van der Waals surface area contributed by atoms with Crippen LogP contribution in [0.2, 0.25) is 0 Å². The van der Waals surface area contributed by atoms with Crippen molar-refractivity contribution in [1.82, 2.24) is 25.7 Å². The van der Waals surface area contributed by atoms with Gasteiger partial charge in [0.2, 0.25) is 5.96 Å². The van der Waals surface area contributed by atoms with E-state index in [-0.39, 0.29) is 5.91 Å². The summed E-state index contributed by atoms with van der Waals surface area (Å²) in [6.45, 7) is 1.81. The number of hydrogen-bond acceptors (Lipinski definition) is 7. The van der Waals surface area contributed by atoms with E-state index >= 15 is 0 Å². The zero-order valence-corrected chi connectivity index (χ0v) is 15.2. The van der Waals surface area contributed by atoms with E-state index in [9.17, 15) is 4.79 Å². The summed E-state index contributed by atoms with van der Waals surface area (Å²) < 4.78 is 0. The van der Waals surface area contributed by atoms with Crippen molar-refractivity contribution in [3.63, 3.8) is 0 Å². The Hall–Kier alpha value is -3.43. The lowest BCUT2D eigenvalue weighted by Crippen LogP contribution is -2.46. The number of hydrogen-bond donors (Lipinski definition) is 2. The summed E-state index contributed by atoms with van der Waals surface area (Å²) in [5.74, 6) is 0.0775. The van der Waals surface area contributed by atoms with Crippen LogP contribution in [-0.2, 0) is 4.79 Å². The van der Waals surface area contributed by atoms with Gasteiger partial charge >= 0.3 is 0 Å². The van der Waals surface area contributed by atoms with Crippen molar-refractivity contribution in [2.45, 2.75) is 25.7 Å². The predicted molar refractivity (Wildman–Crippen MR) is 106 cm³/mol. The molecule has 5 rings (SSSR count). The van der Waals surface area contributed by atoms with Crippen LogP contribution in [0.15, 0.2) is 38.3 Å². The van der Waals surface area contributed by atoms with Crippen LogP contribution in [0.1, 0.15) is 25.7 Å². The number of H-pyrrole nitrogens is 1.